The monoisotopic (exact) mass is 304 g/mol. The Morgan fingerprint density at radius 1 is 1.27 bits per heavy atom. The van der Waals surface area contributed by atoms with Gasteiger partial charge < -0.3 is 20.3 Å². The topological polar surface area (TPSA) is 112 Å². The van der Waals surface area contributed by atoms with Crippen molar-refractivity contribution < 1.29 is 9.26 Å². The number of aromatic nitrogens is 4. The number of aryl methyl sites for hydroxylation is 1. The molecule has 1 atom stereocenters. The molecule has 3 N–H and O–H groups in total. The molecule has 0 unspecified atom stereocenters. The van der Waals surface area contributed by atoms with Crippen molar-refractivity contribution in [1.82, 2.24) is 20.1 Å². The first-order valence-electron chi connectivity index (χ1n) is 7.42. The molecule has 1 saturated heterocycles. The molecule has 1 aliphatic rings. The summed E-state index contributed by atoms with van der Waals surface area (Å²) >= 11 is 0. The lowest BCUT2D eigenvalue weighted by atomic mass is 10.2. The van der Waals surface area contributed by atoms with Gasteiger partial charge >= 0.3 is 0 Å². The van der Waals surface area contributed by atoms with E-state index in [0.717, 1.165) is 36.5 Å². The average molecular weight is 304 g/mol. The molecule has 0 spiro atoms. The highest BCUT2D eigenvalue weighted by Gasteiger charge is 2.23. The molecule has 1 fully saturated rings. The highest BCUT2D eigenvalue weighted by atomic mass is 16.5. The van der Waals surface area contributed by atoms with E-state index in [1.165, 1.54) is 0 Å². The van der Waals surface area contributed by atoms with Gasteiger partial charge in [0.15, 0.2) is 5.82 Å². The van der Waals surface area contributed by atoms with Crippen LogP contribution in [0.1, 0.15) is 41.9 Å². The maximum Gasteiger partial charge on any atom is 0.255 e. The maximum absolute atomic E-state index is 5.67. The van der Waals surface area contributed by atoms with Crippen LogP contribution in [0.2, 0.25) is 0 Å². The predicted octanol–water partition coefficient (Wildman–Crippen LogP) is 1.56. The number of nitrogens with one attached hydrogen (secondary N) is 1. The molecule has 0 bridgehead atoms. The van der Waals surface area contributed by atoms with Crippen LogP contribution in [0, 0.1) is 13.8 Å². The van der Waals surface area contributed by atoms with E-state index in [-0.39, 0.29) is 12.1 Å². The lowest BCUT2D eigenvalue weighted by molar-refractivity contribution is 0.0835. The second kappa shape index (κ2) is 6.27. The highest BCUT2D eigenvalue weighted by molar-refractivity contribution is 5.48. The van der Waals surface area contributed by atoms with Crippen LogP contribution >= 0.6 is 0 Å². The molecule has 0 aliphatic carbocycles. The van der Waals surface area contributed by atoms with Gasteiger partial charge in [0.25, 0.3) is 5.89 Å². The van der Waals surface area contributed by atoms with Gasteiger partial charge in [0.05, 0.1) is 0 Å². The van der Waals surface area contributed by atoms with Gasteiger partial charge in [-0.2, -0.15) is 9.97 Å². The summed E-state index contributed by atoms with van der Waals surface area (Å²) < 4.78 is 10.8. The molecule has 8 heteroatoms. The minimum Gasteiger partial charge on any atom is -0.369 e. The maximum atomic E-state index is 5.67. The zero-order valence-electron chi connectivity index (χ0n) is 12.8. The van der Waals surface area contributed by atoms with Gasteiger partial charge in [0, 0.05) is 30.8 Å². The van der Waals surface area contributed by atoms with Crippen molar-refractivity contribution in [2.24, 2.45) is 0 Å². The third-order valence-corrected chi connectivity index (χ3v) is 3.74. The molecule has 0 radical (unpaired) electrons. The van der Waals surface area contributed by atoms with Crippen molar-refractivity contribution in [1.29, 1.82) is 0 Å². The Kier molecular flexibility index (Phi) is 4.19. The normalized spacial score (nSPS) is 17.8. The Hall–Kier alpha value is -2.22. The Morgan fingerprint density at radius 3 is 2.91 bits per heavy atom. The van der Waals surface area contributed by atoms with Crippen LogP contribution in [0.3, 0.4) is 0 Å². The number of ether oxygens (including phenoxy) is 1. The zero-order valence-corrected chi connectivity index (χ0v) is 12.8. The van der Waals surface area contributed by atoms with E-state index in [2.05, 4.69) is 25.4 Å². The number of anilines is 2. The summed E-state index contributed by atoms with van der Waals surface area (Å²) in [6, 6.07) is 0. The van der Waals surface area contributed by atoms with Crippen molar-refractivity contribution in [2.75, 3.05) is 24.2 Å². The second-order valence-corrected chi connectivity index (χ2v) is 5.37. The standard InChI is InChI=1S/C14H20N6O2/c1-8-9(2)17-14(15)19-12(8)16-6-5-11-18-13(22-20-11)10-4-3-7-21-10/h10H,3-7H2,1-2H3,(H3,15,16,17,19)/t10-/m1/s1. The van der Waals surface area contributed by atoms with Gasteiger partial charge in [-0.3, -0.25) is 0 Å². The van der Waals surface area contributed by atoms with E-state index in [4.69, 9.17) is 15.0 Å². The van der Waals surface area contributed by atoms with Crippen LogP contribution in [0.4, 0.5) is 11.8 Å². The quantitative estimate of drug-likeness (QED) is 0.856. The van der Waals surface area contributed by atoms with E-state index < -0.39 is 0 Å². The molecule has 118 valence electrons. The summed E-state index contributed by atoms with van der Waals surface area (Å²) in [7, 11) is 0. The van der Waals surface area contributed by atoms with Gasteiger partial charge in [0.1, 0.15) is 11.9 Å². The van der Waals surface area contributed by atoms with Gasteiger partial charge in [-0.25, -0.2) is 4.98 Å². The van der Waals surface area contributed by atoms with E-state index in [9.17, 15) is 0 Å². The minimum absolute atomic E-state index is 0.0410. The van der Waals surface area contributed by atoms with Gasteiger partial charge in [-0.15, -0.1) is 0 Å². The molecule has 2 aromatic rings. The van der Waals surface area contributed by atoms with Gasteiger partial charge in [-0.05, 0) is 26.7 Å². The van der Waals surface area contributed by atoms with Crippen molar-refractivity contribution in [3.8, 4) is 0 Å². The Balaban J connectivity index is 1.57. The number of rotatable bonds is 5. The lowest BCUT2D eigenvalue weighted by Gasteiger charge is -2.09. The molecule has 0 aromatic carbocycles. The molecule has 3 rings (SSSR count). The number of nitrogens with zero attached hydrogens (tertiary/aromatic N) is 4. The van der Waals surface area contributed by atoms with Crippen LogP contribution < -0.4 is 11.1 Å². The fourth-order valence-corrected chi connectivity index (χ4v) is 2.39. The van der Waals surface area contributed by atoms with Crippen LogP contribution in [-0.2, 0) is 11.2 Å². The smallest absolute Gasteiger partial charge is 0.255 e. The predicted molar refractivity (Wildman–Crippen MR) is 80.3 cm³/mol. The van der Waals surface area contributed by atoms with Crippen LogP contribution in [0.15, 0.2) is 4.52 Å². The van der Waals surface area contributed by atoms with Crippen molar-refractivity contribution in [3.05, 3.63) is 23.0 Å². The summed E-state index contributed by atoms with van der Waals surface area (Å²) in [5.41, 5.74) is 7.53. The van der Waals surface area contributed by atoms with Crippen molar-refractivity contribution in [2.45, 2.75) is 39.2 Å². The first kappa shape index (κ1) is 14.7. The SMILES string of the molecule is Cc1nc(N)nc(NCCc2noc([C@H]3CCCO3)n2)c1C. The molecule has 22 heavy (non-hydrogen) atoms. The second-order valence-electron chi connectivity index (χ2n) is 5.37. The van der Waals surface area contributed by atoms with Crippen LogP contribution in [0.5, 0.6) is 0 Å². The highest BCUT2D eigenvalue weighted by Crippen LogP contribution is 2.26. The molecule has 8 nitrogen and oxygen atoms in total. The van der Waals surface area contributed by atoms with E-state index in [1.54, 1.807) is 0 Å². The summed E-state index contributed by atoms with van der Waals surface area (Å²) in [5.74, 6) is 2.25. The summed E-state index contributed by atoms with van der Waals surface area (Å²) in [6.07, 6.45) is 2.58. The summed E-state index contributed by atoms with van der Waals surface area (Å²) in [5, 5.41) is 7.22. The van der Waals surface area contributed by atoms with Gasteiger partial charge in [0.2, 0.25) is 5.95 Å². The molecule has 0 amide bonds. The fourth-order valence-electron chi connectivity index (χ4n) is 2.39. The molecular formula is C14H20N6O2. The van der Waals surface area contributed by atoms with Crippen LogP contribution in [-0.4, -0.2) is 33.3 Å². The molecule has 2 aromatic heterocycles. The number of hydrogen-bond donors (Lipinski definition) is 2. The third kappa shape index (κ3) is 3.16. The first-order chi connectivity index (χ1) is 10.6. The summed E-state index contributed by atoms with van der Waals surface area (Å²) in [6.45, 7) is 5.27. The summed E-state index contributed by atoms with van der Waals surface area (Å²) in [4.78, 5) is 12.7. The van der Waals surface area contributed by atoms with E-state index >= 15 is 0 Å². The first-order valence-corrected chi connectivity index (χ1v) is 7.42. The van der Waals surface area contributed by atoms with E-state index in [0.29, 0.717) is 24.7 Å². The number of nitrogens with two attached hydrogens (primary N) is 1. The largest absolute Gasteiger partial charge is 0.369 e. The zero-order chi connectivity index (χ0) is 15.5. The average Bonchev–Trinajstić information content (AvgIpc) is 3.14. The number of hydrogen-bond acceptors (Lipinski definition) is 8. The van der Waals surface area contributed by atoms with Crippen molar-refractivity contribution >= 4 is 11.8 Å². The van der Waals surface area contributed by atoms with E-state index in [1.807, 2.05) is 13.8 Å². The Morgan fingerprint density at radius 2 is 2.14 bits per heavy atom. The van der Waals surface area contributed by atoms with Crippen molar-refractivity contribution in [3.63, 3.8) is 0 Å². The molecule has 0 saturated carbocycles. The van der Waals surface area contributed by atoms with Gasteiger partial charge in [-0.1, -0.05) is 5.16 Å². The third-order valence-electron chi connectivity index (χ3n) is 3.74. The molecule has 1 aliphatic heterocycles. The number of nitrogen functional groups attached to an aromatic ring is 1. The Bertz CT molecular complexity index is 651. The van der Waals surface area contributed by atoms with Crippen LogP contribution in [0.25, 0.3) is 0 Å². The lowest BCUT2D eigenvalue weighted by Crippen LogP contribution is -2.11. The Labute approximate surface area is 128 Å². The fraction of sp³-hybridized carbons (Fsp3) is 0.571. The minimum atomic E-state index is -0.0410. The molecular weight excluding hydrogens is 284 g/mol. The molecule has 3 heterocycles.